The largest absolute Gasteiger partial charge is 0.465 e. The van der Waals surface area contributed by atoms with Crippen LogP contribution in [-0.4, -0.2) is 36.4 Å². The number of unbranched alkanes of at least 4 members (excludes halogenated alkanes) is 1. The summed E-state index contributed by atoms with van der Waals surface area (Å²) in [6.45, 7) is 2.19. The molecule has 0 spiro atoms. The van der Waals surface area contributed by atoms with E-state index in [4.69, 9.17) is 4.74 Å². The van der Waals surface area contributed by atoms with Crippen LogP contribution in [-0.2, 0) is 19.6 Å². The van der Waals surface area contributed by atoms with E-state index in [0.717, 1.165) is 30.7 Å². The SMILES string of the molecule is CCCCOC(=O)[C@H](CCI)NS(=O)(=O)c1ccc([N+](=O)[O-])cc1. The number of hydrogen-bond acceptors (Lipinski definition) is 6. The van der Waals surface area contributed by atoms with Crippen LogP contribution in [0.25, 0.3) is 0 Å². The monoisotopic (exact) mass is 470 g/mol. The highest BCUT2D eigenvalue weighted by Crippen LogP contribution is 2.16. The van der Waals surface area contributed by atoms with Gasteiger partial charge < -0.3 is 4.74 Å². The van der Waals surface area contributed by atoms with Gasteiger partial charge in [0.15, 0.2) is 0 Å². The molecule has 1 atom stereocenters. The first-order chi connectivity index (χ1) is 11.3. The second-order valence-electron chi connectivity index (χ2n) is 4.92. The molecule has 0 aliphatic rings. The molecule has 0 amide bonds. The molecule has 0 aromatic heterocycles. The Balaban J connectivity index is 2.86. The summed E-state index contributed by atoms with van der Waals surface area (Å²) in [5, 5.41) is 10.6. The van der Waals surface area contributed by atoms with Crippen molar-refractivity contribution in [2.75, 3.05) is 11.0 Å². The van der Waals surface area contributed by atoms with Gasteiger partial charge in [0.05, 0.1) is 16.4 Å². The average Bonchev–Trinajstić information content (AvgIpc) is 2.54. The Morgan fingerprint density at radius 2 is 2.00 bits per heavy atom. The molecule has 0 fully saturated rings. The lowest BCUT2D eigenvalue weighted by atomic mass is 10.2. The summed E-state index contributed by atoms with van der Waals surface area (Å²) in [5.41, 5.74) is -0.211. The Bertz CT molecular complexity index is 662. The van der Waals surface area contributed by atoms with E-state index in [1.165, 1.54) is 0 Å². The van der Waals surface area contributed by atoms with Gasteiger partial charge in [-0.25, -0.2) is 8.42 Å². The van der Waals surface area contributed by atoms with Crippen molar-refractivity contribution in [1.82, 2.24) is 4.72 Å². The van der Waals surface area contributed by atoms with Crippen molar-refractivity contribution in [2.24, 2.45) is 0 Å². The maximum Gasteiger partial charge on any atom is 0.324 e. The van der Waals surface area contributed by atoms with Gasteiger partial charge in [0.1, 0.15) is 6.04 Å². The standard InChI is InChI=1S/C14H19IN2O6S/c1-2-3-10-23-14(18)13(8-9-15)16-24(21,22)12-6-4-11(5-7-12)17(19)20/h4-7,13,16H,2-3,8-10H2,1H3/t13-/m0/s1. The molecule has 0 heterocycles. The average molecular weight is 470 g/mol. The summed E-state index contributed by atoms with van der Waals surface area (Å²) < 4.78 is 32.6. The number of carbonyl (C=O) groups excluding carboxylic acids is 1. The van der Waals surface area contributed by atoms with Gasteiger partial charge in [-0.3, -0.25) is 14.9 Å². The van der Waals surface area contributed by atoms with Crippen LogP contribution in [0.3, 0.4) is 0 Å². The molecule has 134 valence electrons. The smallest absolute Gasteiger partial charge is 0.324 e. The molecule has 24 heavy (non-hydrogen) atoms. The molecule has 0 radical (unpaired) electrons. The maximum absolute atomic E-state index is 12.3. The van der Waals surface area contributed by atoms with Crippen molar-refractivity contribution in [2.45, 2.75) is 37.1 Å². The predicted molar refractivity (Wildman–Crippen MR) is 96.6 cm³/mol. The minimum absolute atomic E-state index is 0.145. The van der Waals surface area contributed by atoms with Gasteiger partial charge in [-0.2, -0.15) is 4.72 Å². The van der Waals surface area contributed by atoms with Crippen LogP contribution < -0.4 is 4.72 Å². The summed E-state index contributed by atoms with van der Waals surface area (Å²) in [6, 6.07) is 3.47. The lowest BCUT2D eigenvalue weighted by Gasteiger charge is -2.17. The Morgan fingerprint density at radius 3 is 2.50 bits per heavy atom. The number of rotatable bonds is 10. The number of benzene rings is 1. The first-order valence-corrected chi connectivity index (χ1v) is 10.3. The van der Waals surface area contributed by atoms with Gasteiger partial charge in [-0.1, -0.05) is 35.9 Å². The normalized spacial score (nSPS) is 12.6. The first kappa shape index (κ1) is 20.8. The van der Waals surface area contributed by atoms with Crippen molar-refractivity contribution >= 4 is 44.3 Å². The van der Waals surface area contributed by atoms with Crippen molar-refractivity contribution in [3.63, 3.8) is 0 Å². The minimum Gasteiger partial charge on any atom is -0.465 e. The first-order valence-electron chi connectivity index (χ1n) is 7.31. The van der Waals surface area contributed by atoms with E-state index >= 15 is 0 Å². The van der Waals surface area contributed by atoms with E-state index in [0.29, 0.717) is 10.8 Å². The third-order valence-corrected chi connectivity index (χ3v) is 5.19. The number of carbonyl (C=O) groups is 1. The highest BCUT2D eigenvalue weighted by molar-refractivity contribution is 14.1. The van der Waals surface area contributed by atoms with Crippen LogP contribution >= 0.6 is 22.6 Å². The molecule has 0 aliphatic carbocycles. The van der Waals surface area contributed by atoms with Gasteiger partial charge in [0.25, 0.3) is 5.69 Å². The van der Waals surface area contributed by atoms with Crippen molar-refractivity contribution < 1.29 is 22.9 Å². The third kappa shape index (κ3) is 6.32. The second-order valence-corrected chi connectivity index (χ2v) is 7.72. The number of nitrogens with one attached hydrogen (secondary N) is 1. The number of ether oxygens (including phenoxy) is 1. The van der Waals surface area contributed by atoms with E-state index in [-0.39, 0.29) is 23.6 Å². The summed E-state index contributed by atoms with van der Waals surface area (Å²) >= 11 is 2.04. The Kier molecular flexibility index (Phi) is 8.56. The van der Waals surface area contributed by atoms with Crippen LogP contribution in [0.15, 0.2) is 29.2 Å². The van der Waals surface area contributed by atoms with Crippen LogP contribution in [0.4, 0.5) is 5.69 Å². The molecular formula is C14H19IN2O6S. The van der Waals surface area contributed by atoms with Crippen LogP contribution in [0.1, 0.15) is 26.2 Å². The molecule has 0 bridgehead atoms. The molecule has 0 saturated carbocycles. The Labute approximate surface area is 154 Å². The van der Waals surface area contributed by atoms with Gasteiger partial charge in [0.2, 0.25) is 10.0 Å². The number of hydrogen-bond donors (Lipinski definition) is 1. The highest BCUT2D eigenvalue weighted by atomic mass is 127. The molecular weight excluding hydrogens is 451 g/mol. The quantitative estimate of drug-likeness (QED) is 0.140. The van der Waals surface area contributed by atoms with E-state index in [9.17, 15) is 23.3 Å². The number of nitro groups is 1. The second kappa shape index (κ2) is 9.89. The van der Waals surface area contributed by atoms with E-state index < -0.39 is 27.0 Å². The number of nitro benzene ring substituents is 1. The molecule has 1 aromatic carbocycles. The van der Waals surface area contributed by atoms with E-state index in [1.54, 1.807) is 0 Å². The van der Waals surface area contributed by atoms with Gasteiger partial charge in [-0.15, -0.1) is 0 Å². The zero-order valence-corrected chi connectivity index (χ0v) is 16.1. The number of halogens is 1. The van der Waals surface area contributed by atoms with Gasteiger partial charge in [-0.05, 0) is 25.0 Å². The fraction of sp³-hybridized carbons (Fsp3) is 0.500. The van der Waals surface area contributed by atoms with E-state index in [2.05, 4.69) is 4.72 Å². The summed E-state index contributed by atoms with van der Waals surface area (Å²) in [7, 11) is -3.98. The zero-order valence-electron chi connectivity index (χ0n) is 13.1. The summed E-state index contributed by atoms with van der Waals surface area (Å²) in [5.74, 6) is -0.620. The van der Waals surface area contributed by atoms with Crippen molar-refractivity contribution in [1.29, 1.82) is 0 Å². The van der Waals surface area contributed by atoms with Crippen molar-refractivity contribution in [3.8, 4) is 0 Å². The summed E-state index contributed by atoms with van der Waals surface area (Å²) in [4.78, 5) is 21.9. The fourth-order valence-electron chi connectivity index (χ4n) is 1.75. The number of nitrogens with zero attached hydrogens (tertiary/aromatic N) is 1. The fourth-order valence-corrected chi connectivity index (χ4v) is 3.60. The van der Waals surface area contributed by atoms with Gasteiger partial charge >= 0.3 is 5.97 Å². The van der Waals surface area contributed by atoms with Gasteiger partial charge in [0, 0.05) is 16.6 Å². The molecule has 10 heteroatoms. The number of alkyl halides is 1. The van der Waals surface area contributed by atoms with Crippen LogP contribution in [0.5, 0.6) is 0 Å². The molecule has 0 aliphatic heterocycles. The number of non-ortho nitro benzene ring substituents is 1. The third-order valence-electron chi connectivity index (χ3n) is 3.08. The minimum atomic E-state index is -3.98. The van der Waals surface area contributed by atoms with Crippen molar-refractivity contribution in [3.05, 3.63) is 34.4 Å². The Morgan fingerprint density at radius 1 is 1.38 bits per heavy atom. The lowest BCUT2D eigenvalue weighted by Crippen LogP contribution is -2.42. The molecule has 0 unspecified atom stereocenters. The molecule has 8 nitrogen and oxygen atoms in total. The molecule has 1 N–H and O–H groups in total. The maximum atomic E-state index is 12.3. The van der Waals surface area contributed by atoms with Crippen LogP contribution in [0.2, 0.25) is 0 Å². The lowest BCUT2D eigenvalue weighted by molar-refractivity contribution is -0.384. The van der Waals surface area contributed by atoms with E-state index in [1.807, 2.05) is 29.5 Å². The molecule has 1 aromatic rings. The van der Waals surface area contributed by atoms with Crippen LogP contribution in [0, 0.1) is 10.1 Å². The zero-order chi connectivity index (χ0) is 18.2. The number of sulfonamides is 1. The number of esters is 1. The highest BCUT2D eigenvalue weighted by Gasteiger charge is 2.26. The summed E-state index contributed by atoms with van der Waals surface area (Å²) in [6.07, 6.45) is 1.86. The Hall–Kier alpha value is -1.27. The topological polar surface area (TPSA) is 116 Å². The molecule has 1 rings (SSSR count). The predicted octanol–water partition coefficient (Wildman–Crippen LogP) is 2.41. The molecule has 0 saturated heterocycles.